The third-order valence-electron chi connectivity index (χ3n) is 4.62. The van der Waals surface area contributed by atoms with Crippen molar-refractivity contribution in [3.8, 4) is 0 Å². The molecule has 0 radical (unpaired) electrons. The van der Waals surface area contributed by atoms with Crippen molar-refractivity contribution in [1.82, 2.24) is 20.9 Å². The van der Waals surface area contributed by atoms with Gasteiger partial charge in [-0.15, -0.1) is 11.8 Å². The molecule has 8 heteroatoms. The molecule has 3 rings (SSSR count). The van der Waals surface area contributed by atoms with Crippen LogP contribution in [-0.4, -0.2) is 66.5 Å². The smallest absolute Gasteiger partial charge is 0.251 e. The molecule has 0 saturated carbocycles. The van der Waals surface area contributed by atoms with Gasteiger partial charge in [-0.1, -0.05) is 18.2 Å². The largest absolute Gasteiger partial charge is 0.354 e. The number of thioether (sulfide) groups is 1. The van der Waals surface area contributed by atoms with Crippen molar-refractivity contribution in [1.29, 1.82) is 0 Å². The van der Waals surface area contributed by atoms with Crippen molar-refractivity contribution >= 4 is 29.5 Å². The summed E-state index contributed by atoms with van der Waals surface area (Å²) in [4.78, 5) is 38.1. The van der Waals surface area contributed by atoms with E-state index in [1.54, 1.807) is 36.0 Å². The van der Waals surface area contributed by atoms with Crippen LogP contribution < -0.4 is 16.0 Å². The maximum Gasteiger partial charge on any atom is 0.251 e. The van der Waals surface area contributed by atoms with Crippen LogP contribution in [0.25, 0.3) is 0 Å². The van der Waals surface area contributed by atoms with Gasteiger partial charge in [0.15, 0.2) is 0 Å². The summed E-state index contributed by atoms with van der Waals surface area (Å²) in [6.45, 7) is 1.99. The molecule has 0 spiro atoms. The number of carbonyl (C=O) groups is 3. The molecule has 7 nitrogen and oxygen atoms in total. The summed E-state index contributed by atoms with van der Waals surface area (Å²) in [6, 6.07) is 8.65. The van der Waals surface area contributed by atoms with Crippen molar-refractivity contribution in [3.63, 3.8) is 0 Å². The lowest BCUT2D eigenvalue weighted by Crippen LogP contribution is -2.42. The molecule has 1 aromatic rings. The molecule has 0 unspecified atom stereocenters. The Kier molecular flexibility index (Phi) is 6.51. The maximum absolute atomic E-state index is 12.4. The van der Waals surface area contributed by atoms with E-state index in [-0.39, 0.29) is 36.2 Å². The molecule has 26 heavy (non-hydrogen) atoms. The van der Waals surface area contributed by atoms with Crippen LogP contribution in [0.1, 0.15) is 16.8 Å². The Balaban J connectivity index is 1.34. The number of hydrogen-bond acceptors (Lipinski definition) is 5. The van der Waals surface area contributed by atoms with Crippen molar-refractivity contribution in [2.45, 2.75) is 12.5 Å². The average Bonchev–Trinajstić information content (AvgIpc) is 3.36. The fourth-order valence-corrected chi connectivity index (χ4v) is 4.09. The van der Waals surface area contributed by atoms with E-state index in [9.17, 15) is 14.4 Å². The Morgan fingerprint density at radius 1 is 1.19 bits per heavy atom. The lowest BCUT2D eigenvalue weighted by Gasteiger charge is -2.19. The first-order valence-electron chi connectivity index (χ1n) is 8.83. The summed E-state index contributed by atoms with van der Waals surface area (Å²) < 4.78 is 0. The van der Waals surface area contributed by atoms with Crippen molar-refractivity contribution in [2.24, 2.45) is 5.92 Å². The molecule has 2 heterocycles. The minimum absolute atomic E-state index is 0.0543. The summed E-state index contributed by atoms with van der Waals surface area (Å²) in [5, 5.41) is 8.70. The van der Waals surface area contributed by atoms with Gasteiger partial charge in [-0.2, -0.15) is 0 Å². The zero-order valence-corrected chi connectivity index (χ0v) is 15.4. The van der Waals surface area contributed by atoms with Crippen LogP contribution in [0.2, 0.25) is 0 Å². The van der Waals surface area contributed by atoms with Gasteiger partial charge in [0, 0.05) is 31.0 Å². The van der Waals surface area contributed by atoms with Crippen LogP contribution in [0.15, 0.2) is 30.3 Å². The Labute approximate surface area is 157 Å². The van der Waals surface area contributed by atoms with E-state index in [0.29, 0.717) is 18.7 Å². The number of nitrogens with one attached hydrogen (secondary N) is 3. The monoisotopic (exact) mass is 376 g/mol. The summed E-state index contributed by atoms with van der Waals surface area (Å²) in [6.07, 6.45) is 0.733. The number of nitrogens with zero attached hydrogens (tertiary/aromatic N) is 1. The molecular weight excluding hydrogens is 352 g/mol. The maximum atomic E-state index is 12.4. The third kappa shape index (κ3) is 4.98. The SMILES string of the molecule is O=C(CNC(=O)c1ccccc1)NC[C@@H]1CN[C@H](C(=O)N2CCSC2)C1. The van der Waals surface area contributed by atoms with E-state index < -0.39 is 0 Å². The van der Waals surface area contributed by atoms with Gasteiger partial charge in [0.25, 0.3) is 5.91 Å². The Morgan fingerprint density at radius 2 is 2.00 bits per heavy atom. The highest BCUT2D eigenvalue weighted by molar-refractivity contribution is 7.99. The third-order valence-corrected chi connectivity index (χ3v) is 5.58. The first-order chi connectivity index (χ1) is 12.6. The van der Waals surface area contributed by atoms with Gasteiger partial charge in [0.2, 0.25) is 11.8 Å². The molecule has 1 aromatic carbocycles. The van der Waals surface area contributed by atoms with Crippen LogP contribution >= 0.6 is 11.8 Å². The highest BCUT2D eigenvalue weighted by Crippen LogP contribution is 2.19. The number of hydrogen-bond donors (Lipinski definition) is 3. The molecule has 0 aliphatic carbocycles. The van der Waals surface area contributed by atoms with E-state index in [4.69, 9.17) is 0 Å². The van der Waals surface area contributed by atoms with Crippen LogP contribution in [-0.2, 0) is 9.59 Å². The van der Waals surface area contributed by atoms with Gasteiger partial charge in [-0.25, -0.2) is 0 Å². The van der Waals surface area contributed by atoms with E-state index in [0.717, 1.165) is 24.6 Å². The topological polar surface area (TPSA) is 90.5 Å². The molecular formula is C18H24N4O3S. The molecule has 2 fully saturated rings. The Hall–Kier alpha value is -2.06. The fraction of sp³-hybridized carbons (Fsp3) is 0.500. The lowest BCUT2D eigenvalue weighted by atomic mass is 10.0. The number of benzene rings is 1. The predicted molar refractivity (Wildman–Crippen MR) is 101 cm³/mol. The molecule has 0 aromatic heterocycles. The van der Waals surface area contributed by atoms with Gasteiger partial charge >= 0.3 is 0 Å². The predicted octanol–water partition coefficient (Wildman–Crippen LogP) is 0.0436. The molecule has 3 amide bonds. The van der Waals surface area contributed by atoms with Crippen molar-refractivity contribution < 1.29 is 14.4 Å². The molecule has 0 bridgehead atoms. The first-order valence-corrected chi connectivity index (χ1v) is 9.99. The summed E-state index contributed by atoms with van der Waals surface area (Å²) in [5.74, 6) is 1.69. The number of amides is 3. The normalized spacial score (nSPS) is 22.2. The Morgan fingerprint density at radius 3 is 2.73 bits per heavy atom. The number of rotatable bonds is 6. The zero-order chi connectivity index (χ0) is 18.4. The first kappa shape index (κ1) is 18.7. The Bertz CT molecular complexity index is 649. The van der Waals surface area contributed by atoms with Crippen molar-refractivity contribution in [2.75, 3.05) is 37.8 Å². The summed E-state index contributed by atoms with van der Waals surface area (Å²) in [5.41, 5.74) is 0.529. The van der Waals surface area contributed by atoms with Gasteiger partial charge in [0.1, 0.15) is 0 Å². The molecule has 2 aliphatic rings. The second kappa shape index (κ2) is 9.05. The molecule has 140 valence electrons. The number of carbonyl (C=O) groups excluding carboxylic acids is 3. The fourth-order valence-electron chi connectivity index (χ4n) is 3.13. The summed E-state index contributed by atoms with van der Waals surface area (Å²) in [7, 11) is 0. The van der Waals surface area contributed by atoms with E-state index in [1.807, 2.05) is 11.0 Å². The van der Waals surface area contributed by atoms with Gasteiger partial charge in [-0.3, -0.25) is 14.4 Å². The molecule has 2 saturated heterocycles. The second-order valence-electron chi connectivity index (χ2n) is 6.55. The lowest BCUT2D eigenvalue weighted by molar-refractivity contribution is -0.131. The highest BCUT2D eigenvalue weighted by Gasteiger charge is 2.33. The van der Waals surface area contributed by atoms with Gasteiger partial charge in [-0.05, 0) is 24.5 Å². The van der Waals surface area contributed by atoms with Crippen LogP contribution in [0.4, 0.5) is 0 Å². The molecule has 2 aliphatic heterocycles. The van der Waals surface area contributed by atoms with Gasteiger partial charge in [0.05, 0.1) is 18.5 Å². The molecule has 3 N–H and O–H groups in total. The second-order valence-corrected chi connectivity index (χ2v) is 7.63. The zero-order valence-electron chi connectivity index (χ0n) is 14.6. The van der Waals surface area contributed by atoms with Crippen LogP contribution in [0.5, 0.6) is 0 Å². The quantitative estimate of drug-likeness (QED) is 0.652. The van der Waals surface area contributed by atoms with Crippen molar-refractivity contribution in [3.05, 3.63) is 35.9 Å². The minimum atomic E-state index is -0.266. The van der Waals surface area contributed by atoms with E-state index in [2.05, 4.69) is 16.0 Å². The minimum Gasteiger partial charge on any atom is -0.354 e. The van der Waals surface area contributed by atoms with E-state index in [1.165, 1.54) is 0 Å². The standard InChI is InChI=1S/C18H24N4O3S/c23-16(11-21-17(24)14-4-2-1-3-5-14)20-10-13-8-15(19-9-13)18(25)22-6-7-26-12-22/h1-5,13,15,19H,6-12H2,(H,20,23)(H,21,24)/t13-,15-/m0/s1. The highest BCUT2D eigenvalue weighted by atomic mass is 32.2. The van der Waals surface area contributed by atoms with E-state index >= 15 is 0 Å². The van der Waals surface area contributed by atoms with Crippen LogP contribution in [0, 0.1) is 5.92 Å². The molecule has 2 atom stereocenters. The van der Waals surface area contributed by atoms with Gasteiger partial charge < -0.3 is 20.9 Å². The summed E-state index contributed by atoms with van der Waals surface area (Å²) >= 11 is 1.78. The van der Waals surface area contributed by atoms with Crippen LogP contribution in [0.3, 0.4) is 0 Å². The average molecular weight is 376 g/mol.